The molecule has 0 radical (unpaired) electrons. The molecule has 2 amide bonds. The van der Waals surface area contributed by atoms with Crippen molar-refractivity contribution in [2.45, 2.75) is 39.2 Å². The van der Waals surface area contributed by atoms with Crippen molar-refractivity contribution >= 4 is 45.4 Å². The van der Waals surface area contributed by atoms with Gasteiger partial charge in [-0.05, 0) is 24.2 Å². The summed E-state index contributed by atoms with van der Waals surface area (Å²) in [5, 5.41) is 20.7. The van der Waals surface area contributed by atoms with Gasteiger partial charge in [-0.1, -0.05) is 6.92 Å². The second-order valence-corrected chi connectivity index (χ2v) is 11.4. The van der Waals surface area contributed by atoms with E-state index in [1.165, 1.54) is 22.7 Å². The zero-order valence-corrected chi connectivity index (χ0v) is 20.4. The first-order chi connectivity index (χ1) is 14.3. The van der Waals surface area contributed by atoms with Crippen LogP contribution in [0, 0.1) is 5.92 Å². The Morgan fingerprint density at radius 2 is 1.93 bits per heavy atom. The molecule has 2 heterocycles. The molecule has 0 aliphatic heterocycles. The molecular weight excluding hydrogens is 440 g/mol. The van der Waals surface area contributed by atoms with Crippen LogP contribution in [-0.4, -0.2) is 64.3 Å². The number of nitrogens with one attached hydrogen (secondary N) is 2. The van der Waals surface area contributed by atoms with Gasteiger partial charge in [-0.15, -0.1) is 22.7 Å². The molecule has 0 fully saturated rings. The lowest BCUT2D eigenvalue weighted by atomic mass is 10.00. The van der Waals surface area contributed by atoms with Gasteiger partial charge in [0.2, 0.25) is 5.91 Å². The van der Waals surface area contributed by atoms with E-state index in [0.717, 1.165) is 27.9 Å². The summed E-state index contributed by atoms with van der Waals surface area (Å²) >= 11 is 2.91. The van der Waals surface area contributed by atoms with Crippen LogP contribution in [0.25, 0.3) is 10.7 Å². The highest BCUT2D eigenvalue weighted by Gasteiger charge is 2.21. The van der Waals surface area contributed by atoms with Crippen LogP contribution in [0.5, 0.6) is 0 Å². The van der Waals surface area contributed by atoms with Crippen LogP contribution in [0.1, 0.15) is 42.2 Å². The monoisotopic (exact) mass is 471 g/mol. The molecule has 0 spiro atoms. The molecule has 3 N–H and O–H groups in total. The summed E-state index contributed by atoms with van der Waals surface area (Å²) in [5.41, 5.74) is 1.18. The van der Waals surface area contributed by atoms with Gasteiger partial charge < -0.3 is 15.7 Å². The fourth-order valence-corrected chi connectivity index (χ4v) is 5.18. The first-order valence-corrected chi connectivity index (χ1v) is 14.0. The molecule has 7 nitrogen and oxygen atoms in total. The minimum absolute atomic E-state index is 0.131. The van der Waals surface area contributed by atoms with Gasteiger partial charge in [-0.2, -0.15) is 0 Å². The van der Waals surface area contributed by atoms with E-state index in [1.807, 2.05) is 12.3 Å². The average Bonchev–Trinajstić information content (AvgIpc) is 3.34. The van der Waals surface area contributed by atoms with E-state index >= 15 is 0 Å². The minimum Gasteiger partial charge on any atom is -0.393 e. The fourth-order valence-electron chi connectivity index (χ4n) is 2.84. The number of carbonyl (C=O) groups is 2. The quantitative estimate of drug-likeness (QED) is 0.326. The van der Waals surface area contributed by atoms with E-state index in [0.29, 0.717) is 42.5 Å². The van der Waals surface area contributed by atoms with Gasteiger partial charge in [0, 0.05) is 36.7 Å². The normalized spacial score (nSPS) is 13.3. The third-order valence-corrected chi connectivity index (χ3v) is 7.40. The van der Waals surface area contributed by atoms with E-state index in [1.54, 1.807) is 12.3 Å². The molecule has 2 rings (SSSR count). The lowest BCUT2D eigenvalue weighted by Crippen LogP contribution is -2.37. The Morgan fingerprint density at radius 1 is 1.17 bits per heavy atom. The number of aromatic nitrogens is 2. The van der Waals surface area contributed by atoms with Crippen LogP contribution >= 0.6 is 22.7 Å². The highest BCUT2D eigenvalue weighted by molar-refractivity contribution is 7.95. The van der Waals surface area contributed by atoms with Gasteiger partial charge in [0.05, 0.1) is 29.5 Å². The predicted molar refractivity (Wildman–Crippen MR) is 126 cm³/mol. The van der Waals surface area contributed by atoms with Gasteiger partial charge >= 0.3 is 0 Å². The zero-order chi connectivity index (χ0) is 22.1. The Kier molecular flexibility index (Phi) is 10.2. The number of nitrogens with zero attached hydrogens (tertiary/aromatic N) is 2. The van der Waals surface area contributed by atoms with Gasteiger partial charge in [0.25, 0.3) is 5.91 Å². The molecule has 0 aliphatic carbocycles. The molecule has 30 heavy (non-hydrogen) atoms. The second kappa shape index (κ2) is 12.4. The van der Waals surface area contributed by atoms with Crippen LogP contribution in [-0.2, 0) is 22.1 Å². The maximum atomic E-state index is 12.2. The maximum Gasteiger partial charge on any atom is 0.270 e. The lowest BCUT2D eigenvalue weighted by Gasteiger charge is -2.17. The molecule has 1 unspecified atom stereocenters. The van der Waals surface area contributed by atoms with E-state index in [-0.39, 0.29) is 17.7 Å². The highest BCUT2D eigenvalue weighted by atomic mass is 32.2. The zero-order valence-electron chi connectivity index (χ0n) is 17.9. The molecule has 10 heteroatoms. The van der Waals surface area contributed by atoms with Crippen molar-refractivity contribution in [3.8, 4) is 10.7 Å². The minimum atomic E-state index is -0.659. The van der Waals surface area contributed by atoms with Gasteiger partial charge in [-0.25, -0.2) is 9.97 Å². The van der Waals surface area contributed by atoms with Crippen LogP contribution in [0.4, 0.5) is 0 Å². The molecule has 0 bridgehead atoms. The molecule has 0 saturated heterocycles. The molecule has 2 aromatic rings. The summed E-state index contributed by atoms with van der Waals surface area (Å²) in [4.78, 5) is 33.3. The number of aliphatic hydroxyl groups excluding tert-OH is 1. The highest BCUT2D eigenvalue weighted by Crippen LogP contribution is 2.25. The van der Waals surface area contributed by atoms with Crippen LogP contribution in [0.15, 0.2) is 10.8 Å². The third-order valence-electron chi connectivity index (χ3n) is 4.52. The third kappa shape index (κ3) is 7.64. The van der Waals surface area contributed by atoms with Gasteiger partial charge in [0.15, 0.2) is 0 Å². The Hall–Kier alpha value is -1.49. The topological polar surface area (TPSA) is 104 Å². The molecular formula is C20H31N4O3S3+. The number of carbonyl (C=O) groups excluding carboxylic acids is 2. The van der Waals surface area contributed by atoms with Gasteiger partial charge in [0.1, 0.15) is 22.1 Å². The van der Waals surface area contributed by atoms with Crippen molar-refractivity contribution in [2.75, 3.05) is 31.4 Å². The molecule has 2 atom stereocenters. The van der Waals surface area contributed by atoms with Crippen LogP contribution in [0.3, 0.4) is 0 Å². The number of hydrogen-bond acceptors (Lipinski definition) is 7. The molecule has 2 aromatic heterocycles. The number of aliphatic hydroxyl groups is 1. The standard InChI is InChI=1S/C20H30N4O3S3/c1-5-14(13(2)25)18(26)22-9-7-17-23-16(12-28-17)20-24-15(11-29-20)19(27)21-8-6-10-30(3)4/h11-14,25H,5-10H2,1-4H3,(H-,21,22,26,27)/p+1/t13-,14?/m1/s1. The van der Waals surface area contributed by atoms with Crippen LogP contribution in [0.2, 0.25) is 0 Å². The number of amides is 2. The summed E-state index contributed by atoms with van der Waals surface area (Å²) in [5.74, 6) is 0.450. The summed E-state index contributed by atoms with van der Waals surface area (Å²) in [6, 6.07) is 0. The molecule has 0 aromatic carbocycles. The van der Waals surface area contributed by atoms with Crippen molar-refractivity contribution in [2.24, 2.45) is 5.92 Å². The van der Waals surface area contributed by atoms with Crippen molar-refractivity contribution in [1.29, 1.82) is 0 Å². The summed E-state index contributed by atoms with van der Waals surface area (Å²) in [6.07, 6.45) is 5.92. The molecule has 0 aliphatic rings. The summed E-state index contributed by atoms with van der Waals surface area (Å²) in [6.45, 7) is 4.66. The average molecular weight is 472 g/mol. The first kappa shape index (κ1) is 24.8. The molecule has 166 valence electrons. The Balaban J connectivity index is 1.83. The second-order valence-electron chi connectivity index (χ2n) is 7.26. The smallest absolute Gasteiger partial charge is 0.270 e. The summed E-state index contributed by atoms with van der Waals surface area (Å²) < 4.78 is 0. The lowest BCUT2D eigenvalue weighted by molar-refractivity contribution is -0.128. The van der Waals surface area contributed by atoms with E-state index in [9.17, 15) is 14.7 Å². The van der Waals surface area contributed by atoms with Gasteiger partial charge in [-0.3, -0.25) is 9.59 Å². The Bertz CT molecular complexity index is 820. The van der Waals surface area contributed by atoms with E-state index in [4.69, 9.17) is 0 Å². The SMILES string of the molecule is CCC(C(=O)NCCc1nc(-c2nc(C(=O)NCCC[S+](C)C)cs2)cs1)[C@@H](C)O. The van der Waals surface area contributed by atoms with E-state index < -0.39 is 6.10 Å². The fraction of sp³-hybridized carbons (Fsp3) is 0.600. The van der Waals surface area contributed by atoms with Crippen molar-refractivity contribution in [3.63, 3.8) is 0 Å². The number of rotatable bonds is 12. The molecule has 0 saturated carbocycles. The van der Waals surface area contributed by atoms with Crippen molar-refractivity contribution in [3.05, 3.63) is 21.5 Å². The first-order valence-electron chi connectivity index (χ1n) is 10.00. The number of thiazole rings is 2. The van der Waals surface area contributed by atoms with Crippen LogP contribution < -0.4 is 10.6 Å². The predicted octanol–water partition coefficient (Wildman–Crippen LogP) is 2.33. The number of hydrogen-bond donors (Lipinski definition) is 3. The van der Waals surface area contributed by atoms with E-state index in [2.05, 4.69) is 33.1 Å². The van der Waals surface area contributed by atoms with Crippen molar-refractivity contribution in [1.82, 2.24) is 20.6 Å². The maximum absolute atomic E-state index is 12.2. The summed E-state index contributed by atoms with van der Waals surface area (Å²) in [7, 11) is 0.390. The van der Waals surface area contributed by atoms with Crippen molar-refractivity contribution < 1.29 is 14.7 Å². The Morgan fingerprint density at radius 3 is 2.60 bits per heavy atom. The largest absolute Gasteiger partial charge is 0.393 e. The Labute approximate surface area is 189 Å².